The number of nitriles is 1. The van der Waals surface area contributed by atoms with Gasteiger partial charge < -0.3 is 0 Å². The third-order valence-corrected chi connectivity index (χ3v) is 5.74. The lowest BCUT2D eigenvalue weighted by atomic mass is 9.92. The summed E-state index contributed by atoms with van der Waals surface area (Å²) in [6.07, 6.45) is 0.275. The Morgan fingerprint density at radius 3 is 2.30 bits per heavy atom. The molecule has 1 heterocycles. The van der Waals surface area contributed by atoms with Crippen LogP contribution in [0.2, 0.25) is 0 Å². The highest BCUT2D eigenvalue weighted by Gasteiger charge is 2.80. The molecule has 3 atom stereocenters. The minimum absolute atomic E-state index is 0.275. The third-order valence-electron chi connectivity index (χ3n) is 3.71. The van der Waals surface area contributed by atoms with E-state index >= 15 is 4.39 Å². The lowest BCUT2D eigenvalue weighted by Crippen LogP contribution is -2.66. The second-order valence-electron chi connectivity index (χ2n) is 5.38. The van der Waals surface area contributed by atoms with Gasteiger partial charge in [-0.15, -0.1) is 0 Å². The maximum Gasteiger partial charge on any atom is 0.326 e. The van der Waals surface area contributed by atoms with Gasteiger partial charge in [-0.2, -0.15) is 27.6 Å². The molecule has 7 nitrogen and oxygen atoms in total. The van der Waals surface area contributed by atoms with Gasteiger partial charge in [0.25, 0.3) is 15.9 Å². The first-order valence-electron chi connectivity index (χ1n) is 6.52. The maximum atomic E-state index is 15.4. The largest absolute Gasteiger partial charge is 0.326 e. The normalized spacial score (nSPS) is 30.9. The first kappa shape index (κ1) is 21.5. The van der Waals surface area contributed by atoms with Crippen LogP contribution >= 0.6 is 23.2 Å². The fraction of sp³-hybridized carbons (Fsp3) is 0.417. The summed E-state index contributed by atoms with van der Waals surface area (Å²) in [5, 5.41) is 0.770. The summed E-state index contributed by atoms with van der Waals surface area (Å²) in [5.41, 5.74) is -1.51. The number of allylic oxidation sites excluding steroid dienone is 1. The number of alkyl halides is 5. The van der Waals surface area contributed by atoms with E-state index < -0.39 is 64.8 Å². The van der Waals surface area contributed by atoms with Crippen molar-refractivity contribution in [3.8, 4) is 6.07 Å². The van der Waals surface area contributed by atoms with Gasteiger partial charge in [0.05, 0.1) is 5.56 Å². The third kappa shape index (κ3) is 2.74. The van der Waals surface area contributed by atoms with Gasteiger partial charge in [0.1, 0.15) is 16.9 Å². The molecule has 0 fully saturated rings. The van der Waals surface area contributed by atoms with E-state index in [1.165, 1.54) is 6.07 Å². The number of carbonyl (C=O) groups is 1. The summed E-state index contributed by atoms with van der Waals surface area (Å²) in [7, 11) is -6.03. The number of halogens is 7. The molecule has 1 aliphatic rings. The van der Waals surface area contributed by atoms with E-state index in [0.717, 1.165) is 6.92 Å². The zero-order chi connectivity index (χ0) is 21.2. The molecule has 1 aromatic rings. The Kier molecular flexibility index (Phi) is 4.89. The lowest BCUT2D eigenvalue weighted by molar-refractivity contribution is -0.183. The van der Waals surface area contributed by atoms with Gasteiger partial charge in [-0.1, -0.05) is 23.2 Å². The summed E-state index contributed by atoms with van der Waals surface area (Å²) in [6, 6.07) is 1.30. The van der Waals surface area contributed by atoms with Crippen molar-refractivity contribution in [2.24, 2.45) is 0 Å². The Morgan fingerprint density at radius 2 is 1.93 bits per heavy atom. The molecule has 27 heavy (non-hydrogen) atoms. The number of ketones is 1. The monoisotopic (exact) mass is 453 g/mol. The number of hydrogen-bond donors (Lipinski definition) is 1. The van der Waals surface area contributed by atoms with Gasteiger partial charge in [-0.05, 0) is 6.92 Å². The predicted molar refractivity (Wildman–Crippen MR) is 80.0 cm³/mol. The molecule has 0 amide bonds. The zero-order valence-electron chi connectivity index (χ0n) is 12.7. The first-order chi connectivity index (χ1) is 12.0. The Hall–Kier alpha value is -1.75. The number of rotatable bonds is 3. The fourth-order valence-electron chi connectivity index (χ4n) is 2.39. The van der Waals surface area contributed by atoms with Crippen molar-refractivity contribution in [3.63, 3.8) is 0 Å². The second kappa shape index (κ2) is 6.13. The van der Waals surface area contributed by atoms with Crippen molar-refractivity contribution in [3.05, 3.63) is 28.3 Å². The number of Topliss-reactive ketones (excluding diaryl/α,β-unsaturated/α-hetero) is 1. The lowest BCUT2D eigenvalue weighted by Gasteiger charge is -2.44. The van der Waals surface area contributed by atoms with Crippen molar-refractivity contribution in [1.29, 1.82) is 5.26 Å². The first-order valence-corrected chi connectivity index (χ1v) is 8.78. The van der Waals surface area contributed by atoms with Crippen LogP contribution in [0.5, 0.6) is 0 Å². The quantitative estimate of drug-likeness (QED) is 0.325. The number of carbonyl (C=O) groups excluding carboxylic acids is 1. The van der Waals surface area contributed by atoms with E-state index in [1.54, 1.807) is 0 Å². The molecular formula is C12H6Cl2F5N3O4S. The van der Waals surface area contributed by atoms with E-state index in [1.807, 2.05) is 0 Å². The van der Waals surface area contributed by atoms with Crippen LogP contribution in [0, 0.1) is 11.3 Å². The van der Waals surface area contributed by atoms with E-state index in [-0.39, 0.29) is 6.20 Å². The smallest absolute Gasteiger partial charge is 0.294 e. The van der Waals surface area contributed by atoms with Crippen LogP contribution in [0.4, 0.5) is 22.0 Å². The number of aromatic nitrogens is 2. The molecule has 0 saturated carbocycles. The van der Waals surface area contributed by atoms with Crippen molar-refractivity contribution >= 4 is 39.1 Å². The molecule has 1 aliphatic carbocycles. The van der Waals surface area contributed by atoms with Crippen LogP contribution < -0.4 is 0 Å². The van der Waals surface area contributed by atoms with Crippen molar-refractivity contribution in [2.75, 3.05) is 0 Å². The summed E-state index contributed by atoms with van der Waals surface area (Å²) in [6.45, 7) is 0.873. The van der Waals surface area contributed by atoms with Crippen molar-refractivity contribution in [2.45, 2.75) is 29.0 Å². The molecule has 0 aromatic carbocycles. The molecule has 15 heteroatoms. The van der Waals surface area contributed by atoms with Crippen LogP contribution in [0.1, 0.15) is 23.0 Å². The Balaban J connectivity index is 2.93. The highest BCUT2D eigenvalue weighted by molar-refractivity contribution is 7.86. The standard InChI is InChI=1S/C12H6Cl2F5N3O4S/c1-4(23)5-3-22(21-6(5)2-20)11(18)8(13)7(15)9(27(24,25)26)10(16,17)12(11,14)19/h3,9H,1H3,(H,24,25,26). The summed E-state index contributed by atoms with van der Waals surface area (Å²) in [4.78, 5) is 11.4. The molecule has 0 aliphatic heterocycles. The molecule has 0 spiro atoms. The van der Waals surface area contributed by atoms with Crippen LogP contribution in [-0.2, 0) is 15.9 Å². The number of nitrogens with zero attached hydrogens (tertiary/aromatic N) is 3. The van der Waals surface area contributed by atoms with Crippen LogP contribution in [-0.4, -0.2) is 44.8 Å². The minimum atomic E-state index is -6.03. The van der Waals surface area contributed by atoms with Crippen LogP contribution in [0.25, 0.3) is 0 Å². The molecular weight excluding hydrogens is 448 g/mol. The average molecular weight is 454 g/mol. The molecule has 1 N–H and O–H groups in total. The van der Waals surface area contributed by atoms with Crippen molar-refractivity contribution < 1.29 is 39.7 Å². The minimum Gasteiger partial charge on any atom is -0.294 e. The Labute approximate surface area is 157 Å². The van der Waals surface area contributed by atoms with Crippen LogP contribution in [0.3, 0.4) is 0 Å². The van der Waals surface area contributed by atoms with E-state index in [2.05, 4.69) is 5.10 Å². The summed E-state index contributed by atoms with van der Waals surface area (Å²) < 4.78 is 103. The highest BCUT2D eigenvalue weighted by atomic mass is 35.5. The molecule has 148 valence electrons. The summed E-state index contributed by atoms with van der Waals surface area (Å²) in [5.74, 6) is -13.7. The second-order valence-corrected chi connectivity index (χ2v) is 7.78. The van der Waals surface area contributed by atoms with Gasteiger partial charge in [0.2, 0.25) is 5.25 Å². The topological polar surface area (TPSA) is 113 Å². The molecule has 2 rings (SSSR count). The Bertz CT molecular complexity index is 1020. The molecule has 0 radical (unpaired) electrons. The van der Waals surface area contributed by atoms with E-state index in [9.17, 15) is 30.8 Å². The van der Waals surface area contributed by atoms with Crippen LogP contribution in [0.15, 0.2) is 17.1 Å². The maximum absolute atomic E-state index is 15.4. The van der Waals surface area contributed by atoms with Gasteiger partial charge in [-0.25, -0.2) is 17.9 Å². The average Bonchev–Trinajstić information content (AvgIpc) is 2.95. The van der Waals surface area contributed by atoms with E-state index in [4.69, 9.17) is 33.0 Å². The molecule has 3 unspecified atom stereocenters. The van der Waals surface area contributed by atoms with E-state index in [0.29, 0.717) is 0 Å². The zero-order valence-corrected chi connectivity index (χ0v) is 15.1. The number of hydrogen-bond acceptors (Lipinski definition) is 5. The van der Waals surface area contributed by atoms with Crippen molar-refractivity contribution in [1.82, 2.24) is 9.78 Å². The van der Waals surface area contributed by atoms with Gasteiger partial charge in [0, 0.05) is 6.20 Å². The molecule has 0 saturated heterocycles. The summed E-state index contributed by atoms with van der Waals surface area (Å²) >= 11 is 10.2. The SMILES string of the molecule is CC(=O)c1cn(C2(F)C(Cl)=C(F)C(S(=O)(=O)O)C(F)(F)C2(F)Cl)nc1C#N. The fourth-order valence-corrected chi connectivity index (χ4v) is 4.10. The molecule has 0 bridgehead atoms. The van der Waals surface area contributed by atoms with Gasteiger partial charge >= 0.3 is 11.1 Å². The Morgan fingerprint density at radius 1 is 1.41 bits per heavy atom. The van der Waals surface area contributed by atoms with Gasteiger partial charge in [0.15, 0.2) is 11.5 Å². The highest BCUT2D eigenvalue weighted by Crippen LogP contribution is 2.61. The van der Waals surface area contributed by atoms with Gasteiger partial charge in [-0.3, -0.25) is 9.35 Å². The predicted octanol–water partition coefficient (Wildman–Crippen LogP) is 2.81. The molecule has 1 aromatic heterocycles.